The normalized spacial score (nSPS) is 18.4. The average Bonchev–Trinajstić information content (AvgIpc) is 3.19. The Morgan fingerprint density at radius 2 is 1.53 bits per heavy atom. The molecule has 0 heterocycles. The van der Waals surface area contributed by atoms with Crippen molar-refractivity contribution < 1.29 is 0 Å². The van der Waals surface area contributed by atoms with Gasteiger partial charge in [0.1, 0.15) is 0 Å². The van der Waals surface area contributed by atoms with E-state index in [4.69, 9.17) is 11.6 Å². The summed E-state index contributed by atoms with van der Waals surface area (Å²) in [6.07, 6.45) is 5.01. The van der Waals surface area contributed by atoms with E-state index in [1.807, 2.05) is 18.2 Å². The number of allylic oxidation sites excluding steroid dienone is 4. The maximum atomic E-state index is 6.33. The van der Waals surface area contributed by atoms with Crippen molar-refractivity contribution in [3.63, 3.8) is 0 Å². The molecule has 1 spiro atoms. The monoisotopic (exact) mass is 508 g/mol. The van der Waals surface area contributed by atoms with Crippen molar-refractivity contribution >= 4 is 17.2 Å². The molecule has 184 valence electrons. The van der Waals surface area contributed by atoms with Gasteiger partial charge in [-0.15, -0.1) is 0 Å². The standard InChI is InChI=1S/C37H29Cl/c1-23-13-19-29-28-9-6-5-7-12-32(28)37(33(29)21-23)34-22-25(36(2,3)4)16-20-30(34)31-11-8-10-27(35(31)37)24-14-17-26(38)18-15-24/h6,8-11,13-22H,12H2,1-4H3. The topological polar surface area (TPSA) is 0 Å². The summed E-state index contributed by atoms with van der Waals surface area (Å²) in [5.74, 6) is 6.75. The first kappa shape index (κ1) is 23.3. The fourth-order valence-electron chi connectivity index (χ4n) is 6.81. The highest BCUT2D eigenvalue weighted by atomic mass is 35.5. The molecular weight excluding hydrogens is 480 g/mol. The lowest BCUT2D eigenvalue weighted by Gasteiger charge is -2.35. The van der Waals surface area contributed by atoms with Crippen LogP contribution in [0.15, 0.2) is 96.6 Å². The highest BCUT2D eigenvalue weighted by molar-refractivity contribution is 6.30. The first-order valence-corrected chi connectivity index (χ1v) is 13.7. The number of fused-ring (bicyclic) bond motifs is 9. The van der Waals surface area contributed by atoms with E-state index in [2.05, 4.69) is 112 Å². The van der Waals surface area contributed by atoms with Crippen molar-refractivity contribution in [1.29, 1.82) is 0 Å². The van der Waals surface area contributed by atoms with E-state index >= 15 is 0 Å². The van der Waals surface area contributed by atoms with Gasteiger partial charge in [-0.2, -0.15) is 0 Å². The van der Waals surface area contributed by atoms with Crippen LogP contribution in [0, 0.1) is 18.8 Å². The molecule has 0 fully saturated rings. The van der Waals surface area contributed by atoms with Crippen LogP contribution in [0.1, 0.15) is 60.6 Å². The molecule has 0 aromatic heterocycles. The molecule has 1 heteroatoms. The SMILES string of the molecule is Cc1ccc2c(c1)C1(C3=C2C=CC#CC3)c2cc(C(C)(C)C)ccc2-c2cccc(-c3ccc(Cl)cc3)c21. The second-order valence-corrected chi connectivity index (χ2v) is 12.2. The highest BCUT2D eigenvalue weighted by Gasteiger charge is 2.53. The largest absolute Gasteiger partial charge is 0.0940 e. The Hall–Kier alpha value is -3.79. The zero-order valence-corrected chi connectivity index (χ0v) is 23.0. The van der Waals surface area contributed by atoms with Gasteiger partial charge in [0, 0.05) is 11.4 Å². The van der Waals surface area contributed by atoms with Gasteiger partial charge in [-0.05, 0) is 97.8 Å². The predicted molar refractivity (Wildman–Crippen MR) is 161 cm³/mol. The minimum Gasteiger partial charge on any atom is -0.0940 e. The Labute approximate surface area is 230 Å². The Kier molecular flexibility index (Phi) is 4.98. The molecule has 1 atom stereocenters. The van der Waals surface area contributed by atoms with E-state index in [-0.39, 0.29) is 5.41 Å². The van der Waals surface area contributed by atoms with E-state index in [1.54, 1.807) is 0 Å². The van der Waals surface area contributed by atoms with Crippen molar-refractivity contribution in [2.24, 2.45) is 0 Å². The summed E-state index contributed by atoms with van der Waals surface area (Å²) >= 11 is 6.33. The van der Waals surface area contributed by atoms with Crippen LogP contribution in [0.2, 0.25) is 5.02 Å². The van der Waals surface area contributed by atoms with Gasteiger partial charge in [-0.25, -0.2) is 0 Å². The number of aryl methyl sites for hydroxylation is 1. The van der Waals surface area contributed by atoms with E-state index in [0.717, 1.165) is 11.4 Å². The van der Waals surface area contributed by atoms with Crippen molar-refractivity contribution in [3.8, 4) is 34.1 Å². The summed E-state index contributed by atoms with van der Waals surface area (Å²) in [6.45, 7) is 9.13. The Balaban J connectivity index is 1.68. The van der Waals surface area contributed by atoms with Crippen LogP contribution < -0.4 is 0 Å². The lowest BCUT2D eigenvalue weighted by atomic mass is 9.66. The van der Waals surface area contributed by atoms with Crippen LogP contribution in [0.25, 0.3) is 27.8 Å². The molecule has 3 aliphatic rings. The quantitative estimate of drug-likeness (QED) is 0.224. The van der Waals surface area contributed by atoms with Gasteiger partial charge in [0.2, 0.25) is 0 Å². The molecule has 0 nitrogen and oxygen atoms in total. The molecule has 0 saturated carbocycles. The lowest BCUT2D eigenvalue weighted by molar-refractivity contribution is 0.588. The fourth-order valence-corrected chi connectivity index (χ4v) is 6.93. The number of hydrogen-bond donors (Lipinski definition) is 0. The van der Waals surface area contributed by atoms with Crippen LogP contribution in [-0.2, 0) is 10.8 Å². The molecule has 1 unspecified atom stereocenters. The molecule has 38 heavy (non-hydrogen) atoms. The van der Waals surface area contributed by atoms with E-state index < -0.39 is 5.41 Å². The third-order valence-electron chi connectivity index (χ3n) is 8.52. The van der Waals surface area contributed by atoms with E-state index in [0.29, 0.717) is 0 Å². The molecule has 0 N–H and O–H groups in total. The third-order valence-corrected chi connectivity index (χ3v) is 8.77. The van der Waals surface area contributed by atoms with Gasteiger partial charge in [-0.1, -0.05) is 117 Å². The first-order chi connectivity index (χ1) is 18.3. The summed E-state index contributed by atoms with van der Waals surface area (Å²) in [6, 6.07) is 29.3. The Morgan fingerprint density at radius 1 is 0.789 bits per heavy atom. The molecule has 3 aliphatic carbocycles. The molecule has 4 aromatic rings. The summed E-state index contributed by atoms with van der Waals surface area (Å²) < 4.78 is 0. The van der Waals surface area contributed by atoms with Gasteiger partial charge in [0.05, 0.1) is 5.41 Å². The van der Waals surface area contributed by atoms with Crippen LogP contribution in [-0.4, -0.2) is 0 Å². The van der Waals surface area contributed by atoms with Crippen LogP contribution in [0.5, 0.6) is 0 Å². The van der Waals surface area contributed by atoms with Crippen molar-refractivity contribution in [3.05, 3.63) is 135 Å². The maximum absolute atomic E-state index is 6.33. The molecular formula is C37H29Cl. The second-order valence-electron chi connectivity index (χ2n) is 11.8. The molecule has 0 radical (unpaired) electrons. The summed E-state index contributed by atoms with van der Waals surface area (Å²) in [5, 5.41) is 0.755. The molecule has 0 amide bonds. The highest BCUT2D eigenvalue weighted by Crippen LogP contribution is 2.65. The predicted octanol–water partition coefficient (Wildman–Crippen LogP) is 9.66. The second kappa shape index (κ2) is 8.10. The molecule has 0 saturated heterocycles. The zero-order chi connectivity index (χ0) is 26.2. The number of halogens is 1. The van der Waals surface area contributed by atoms with Gasteiger partial charge < -0.3 is 0 Å². The zero-order valence-electron chi connectivity index (χ0n) is 22.2. The van der Waals surface area contributed by atoms with Crippen molar-refractivity contribution in [2.75, 3.05) is 0 Å². The minimum atomic E-state index is -0.401. The number of benzene rings is 4. The van der Waals surface area contributed by atoms with Gasteiger partial charge in [0.25, 0.3) is 0 Å². The molecule has 7 rings (SSSR count). The van der Waals surface area contributed by atoms with Gasteiger partial charge in [-0.3, -0.25) is 0 Å². The smallest absolute Gasteiger partial charge is 0.0704 e. The van der Waals surface area contributed by atoms with Crippen molar-refractivity contribution in [2.45, 2.75) is 44.9 Å². The number of hydrogen-bond acceptors (Lipinski definition) is 0. The lowest BCUT2D eigenvalue weighted by Crippen LogP contribution is -2.29. The number of rotatable bonds is 1. The molecule has 0 bridgehead atoms. The summed E-state index contributed by atoms with van der Waals surface area (Å²) in [4.78, 5) is 0. The Bertz CT molecular complexity index is 1780. The third kappa shape index (κ3) is 3.12. The van der Waals surface area contributed by atoms with E-state index in [1.165, 1.54) is 66.8 Å². The average molecular weight is 509 g/mol. The summed E-state index contributed by atoms with van der Waals surface area (Å²) in [7, 11) is 0. The van der Waals surface area contributed by atoms with Crippen LogP contribution in [0.3, 0.4) is 0 Å². The first-order valence-electron chi connectivity index (χ1n) is 13.3. The minimum absolute atomic E-state index is 0.0401. The van der Waals surface area contributed by atoms with Gasteiger partial charge in [0.15, 0.2) is 0 Å². The van der Waals surface area contributed by atoms with Crippen LogP contribution in [0.4, 0.5) is 0 Å². The van der Waals surface area contributed by atoms with Gasteiger partial charge >= 0.3 is 0 Å². The van der Waals surface area contributed by atoms with E-state index in [9.17, 15) is 0 Å². The summed E-state index contributed by atoms with van der Waals surface area (Å²) in [5.41, 5.74) is 15.5. The van der Waals surface area contributed by atoms with Crippen LogP contribution >= 0.6 is 11.6 Å². The fraction of sp³-hybridized carbons (Fsp3) is 0.189. The molecule has 0 aliphatic heterocycles. The Morgan fingerprint density at radius 3 is 2.32 bits per heavy atom. The maximum Gasteiger partial charge on any atom is 0.0704 e. The van der Waals surface area contributed by atoms with Crippen molar-refractivity contribution in [1.82, 2.24) is 0 Å². The molecule has 4 aromatic carbocycles.